The second-order valence-electron chi connectivity index (χ2n) is 4.77. The molecule has 1 aromatic rings. The van der Waals surface area contributed by atoms with E-state index in [1.54, 1.807) is 6.07 Å². The van der Waals surface area contributed by atoms with Crippen LogP contribution in [0.1, 0.15) is 22.8 Å². The number of carbonyl (C=O) groups is 3. The molecule has 0 spiro atoms. The third-order valence-electron chi connectivity index (χ3n) is 3.40. The van der Waals surface area contributed by atoms with Gasteiger partial charge in [0.05, 0.1) is 12.1 Å². The normalized spacial score (nSPS) is 15.5. The van der Waals surface area contributed by atoms with E-state index in [9.17, 15) is 14.4 Å². The highest BCUT2D eigenvalue weighted by Crippen LogP contribution is 2.21. The maximum Gasteiger partial charge on any atom is 0.335 e. The molecule has 1 aromatic carbocycles. The highest BCUT2D eigenvalue weighted by Gasteiger charge is 2.29. The predicted octanol–water partition coefficient (Wildman–Crippen LogP) is 1.34. The molecule has 2 amide bonds. The van der Waals surface area contributed by atoms with Gasteiger partial charge < -0.3 is 14.9 Å². The molecule has 7 heteroatoms. The molecule has 6 nitrogen and oxygen atoms in total. The lowest BCUT2D eigenvalue weighted by molar-refractivity contribution is -0.150. The van der Waals surface area contributed by atoms with Crippen LogP contribution in [-0.2, 0) is 16.1 Å². The van der Waals surface area contributed by atoms with Crippen LogP contribution in [0, 0.1) is 0 Å². The van der Waals surface area contributed by atoms with Gasteiger partial charge in [0, 0.05) is 17.6 Å². The zero-order valence-corrected chi connectivity index (χ0v) is 13.1. The minimum absolute atomic E-state index is 0.0554. The van der Waals surface area contributed by atoms with Gasteiger partial charge in [-0.15, -0.1) is 0 Å². The summed E-state index contributed by atoms with van der Waals surface area (Å²) in [6.07, 6.45) is 0. The van der Waals surface area contributed by atoms with Crippen LogP contribution in [0.25, 0.3) is 0 Å². The highest BCUT2D eigenvalue weighted by molar-refractivity contribution is 9.10. The van der Waals surface area contributed by atoms with Crippen molar-refractivity contribution < 1.29 is 19.5 Å². The summed E-state index contributed by atoms with van der Waals surface area (Å²) in [7, 11) is 0. The zero-order valence-electron chi connectivity index (χ0n) is 11.5. The van der Waals surface area contributed by atoms with E-state index in [0.717, 1.165) is 5.56 Å². The van der Waals surface area contributed by atoms with Gasteiger partial charge in [-0.25, -0.2) is 4.79 Å². The van der Waals surface area contributed by atoms with E-state index in [-0.39, 0.29) is 37.0 Å². The first-order valence-corrected chi connectivity index (χ1v) is 7.29. The van der Waals surface area contributed by atoms with Gasteiger partial charge in [0.25, 0.3) is 0 Å². The Balaban J connectivity index is 2.13. The Morgan fingerprint density at radius 2 is 1.86 bits per heavy atom. The summed E-state index contributed by atoms with van der Waals surface area (Å²) in [5, 5.41) is 8.92. The maximum absolute atomic E-state index is 12.0. The molecule has 1 fully saturated rings. The Hall–Kier alpha value is -1.89. The van der Waals surface area contributed by atoms with Crippen LogP contribution in [0.3, 0.4) is 0 Å². The number of piperazine rings is 1. The molecule has 0 bridgehead atoms. The summed E-state index contributed by atoms with van der Waals surface area (Å²) < 4.78 is 0.612. The molecular weight excluding hydrogens is 340 g/mol. The molecule has 0 unspecified atom stereocenters. The van der Waals surface area contributed by atoms with Crippen molar-refractivity contribution in [3.63, 3.8) is 0 Å². The Morgan fingerprint density at radius 3 is 2.43 bits per heavy atom. The zero-order chi connectivity index (χ0) is 15.6. The first-order valence-electron chi connectivity index (χ1n) is 6.49. The smallest absolute Gasteiger partial charge is 0.335 e. The summed E-state index contributed by atoms with van der Waals surface area (Å²) in [6.45, 7) is 2.79. The van der Waals surface area contributed by atoms with E-state index >= 15 is 0 Å². The number of hydrogen-bond donors (Lipinski definition) is 1. The molecule has 2 rings (SSSR count). The number of carboxylic acids is 1. The summed E-state index contributed by atoms with van der Waals surface area (Å²) in [5.74, 6) is -1.19. The van der Waals surface area contributed by atoms with Crippen LogP contribution >= 0.6 is 15.9 Å². The molecule has 0 saturated carbocycles. The fraction of sp³-hybridized carbons (Fsp3) is 0.357. The molecule has 1 saturated heterocycles. The van der Waals surface area contributed by atoms with Crippen molar-refractivity contribution in [2.45, 2.75) is 13.5 Å². The lowest BCUT2D eigenvalue weighted by Gasteiger charge is -2.33. The van der Waals surface area contributed by atoms with Crippen molar-refractivity contribution in [1.82, 2.24) is 9.80 Å². The Bertz CT molecular complexity index is 603. The molecule has 0 aliphatic carbocycles. The monoisotopic (exact) mass is 354 g/mol. The number of carboxylic acid groups (broad SMARTS) is 1. The molecule has 21 heavy (non-hydrogen) atoms. The standard InChI is InChI=1S/C14H15BrN2O4/c1-2-16-7-13(19)17(8-12(16)18)6-10-4-3-9(14(20)21)5-11(10)15/h3-5H,2,6-8H2,1H3,(H,20,21). The third kappa shape index (κ3) is 3.41. The van der Waals surface area contributed by atoms with Gasteiger partial charge in [-0.1, -0.05) is 22.0 Å². The second kappa shape index (κ2) is 6.26. The molecule has 1 heterocycles. The van der Waals surface area contributed by atoms with Crippen LogP contribution < -0.4 is 0 Å². The lowest BCUT2D eigenvalue weighted by Crippen LogP contribution is -2.53. The maximum atomic E-state index is 12.0. The molecule has 1 aliphatic rings. The summed E-state index contributed by atoms with van der Waals surface area (Å²) >= 11 is 3.31. The van der Waals surface area contributed by atoms with Gasteiger partial charge in [-0.3, -0.25) is 9.59 Å². The quantitative estimate of drug-likeness (QED) is 0.884. The predicted molar refractivity (Wildman–Crippen MR) is 78.8 cm³/mol. The molecule has 1 N–H and O–H groups in total. The average molecular weight is 355 g/mol. The highest BCUT2D eigenvalue weighted by atomic mass is 79.9. The SMILES string of the molecule is CCN1CC(=O)N(Cc2ccc(C(=O)O)cc2Br)CC1=O. The topological polar surface area (TPSA) is 77.9 Å². The number of nitrogens with zero attached hydrogens (tertiary/aromatic N) is 2. The largest absolute Gasteiger partial charge is 0.478 e. The number of amides is 2. The number of aromatic carboxylic acids is 1. The molecule has 0 aromatic heterocycles. The Kier molecular flexibility index (Phi) is 4.62. The fourth-order valence-electron chi connectivity index (χ4n) is 2.15. The summed E-state index contributed by atoms with van der Waals surface area (Å²) in [4.78, 5) is 37.7. The van der Waals surface area contributed by atoms with Crippen LogP contribution in [0.5, 0.6) is 0 Å². The molecule has 1 aliphatic heterocycles. The van der Waals surface area contributed by atoms with Gasteiger partial charge in [-0.05, 0) is 24.6 Å². The Morgan fingerprint density at radius 1 is 1.24 bits per heavy atom. The minimum Gasteiger partial charge on any atom is -0.478 e. The fourth-order valence-corrected chi connectivity index (χ4v) is 2.65. The van der Waals surface area contributed by atoms with E-state index in [2.05, 4.69) is 15.9 Å². The number of rotatable bonds is 4. The van der Waals surface area contributed by atoms with Crippen molar-refractivity contribution in [1.29, 1.82) is 0 Å². The Labute approximate surface area is 130 Å². The van der Waals surface area contributed by atoms with E-state index < -0.39 is 5.97 Å². The number of carbonyl (C=O) groups excluding carboxylic acids is 2. The van der Waals surface area contributed by atoms with E-state index in [1.165, 1.54) is 21.9 Å². The number of benzene rings is 1. The second-order valence-corrected chi connectivity index (χ2v) is 5.62. The van der Waals surface area contributed by atoms with Gasteiger partial charge in [0.15, 0.2) is 0 Å². The minimum atomic E-state index is -1.01. The van der Waals surface area contributed by atoms with E-state index in [4.69, 9.17) is 5.11 Å². The van der Waals surface area contributed by atoms with Crippen molar-refractivity contribution in [3.05, 3.63) is 33.8 Å². The first kappa shape index (κ1) is 15.5. The van der Waals surface area contributed by atoms with Gasteiger partial charge in [0.2, 0.25) is 11.8 Å². The molecule has 112 valence electrons. The molecule has 0 radical (unpaired) electrons. The van der Waals surface area contributed by atoms with Gasteiger partial charge >= 0.3 is 5.97 Å². The lowest BCUT2D eigenvalue weighted by atomic mass is 10.1. The summed E-state index contributed by atoms with van der Waals surface area (Å²) in [6, 6.07) is 4.63. The number of halogens is 1. The van der Waals surface area contributed by atoms with Crippen LogP contribution in [0.4, 0.5) is 0 Å². The van der Waals surface area contributed by atoms with Crippen molar-refractivity contribution in [3.8, 4) is 0 Å². The van der Waals surface area contributed by atoms with E-state index in [1.807, 2.05) is 6.92 Å². The van der Waals surface area contributed by atoms with Crippen molar-refractivity contribution in [2.24, 2.45) is 0 Å². The van der Waals surface area contributed by atoms with Crippen LogP contribution in [0.2, 0.25) is 0 Å². The van der Waals surface area contributed by atoms with Crippen LogP contribution in [-0.4, -0.2) is 52.3 Å². The van der Waals surface area contributed by atoms with Crippen molar-refractivity contribution >= 4 is 33.7 Å². The van der Waals surface area contributed by atoms with Crippen LogP contribution in [0.15, 0.2) is 22.7 Å². The van der Waals surface area contributed by atoms with E-state index in [0.29, 0.717) is 11.0 Å². The van der Waals surface area contributed by atoms with Gasteiger partial charge in [0.1, 0.15) is 6.54 Å². The molecule has 0 atom stereocenters. The number of likely N-dealkylation sites (N-methyl/N-ethyl adjacent to an activating group) is 1. The number of hydrogen-bond acceptors (Lipinski definition) is 3. The first-order chi connectivity index (χ1) is 9.92. The van der Waals surface area contributed by atoms with Gasteiger partial charge in [-0.2, -0.15) is 0 Å². The average Bonchev–Trinajstić information content (AvgIpc) is 2.44. The van der Waals surface area contributed by atoms with Crippen molar-refractivity contribution in [2.75, 3.05) is 19.6 Å². The third-order valence-corrected chi connectivity index (χ3v) is 4.14. The summed E-state index contributed by atoms with van der Waals surface area (Å²) in [5.41, 5.74) is 0.940. The molecular formula is C14H15BrN2O4.